The molecule has 0 saturated carbocycles. The second kappa shape index (κ2) is 7.02. The molecule has 21 heavy (non-hydrogen) atoms. The number of nitrogens with zero attached hydrogens (tertiary/aromatic N) is 5. The molecule has 0 spiro atoms. The predicted molar refractivity (Wildman–Crippen MR) is 81.8 cm³/mol. The largest absolute Gasteiger partial charge is 0.337 e. The number of piperazine rings is 1. The third kappa shape index (κ3) is 4.52. The summed E-state index contributed by atoms with van der Waals surface area (Å²) < 4.78 is 1.68. The van der Waals surface area contributed by atoms with Gasteiger partial charge in [-0.25, -0.2) is 0 Å². The number of hydrogen-bond acceptors (Lipinski definition) is 4. The van der Waals surface area contributed by atoms with Gasteiger partial charge in [-0.3, -0.25) is 9.48 Å². The van der Waals surface area contributed by atoms with Gasteiger partial charge in [0, 0.05) is 51.8 Å². The van der Waals surface area contributed by atoms with Crippen molar-refractivity contribution in [3.8, 4) is 0 Å². The van der Waals surface area contributed by atoms with E-state index in [0.717, 1.165) is 31.7 Å². The molecule has 1 amide bonds. The minimum atomic E-state index is 0.249. The minimum Gasteiger partial charge on any atom is -0.337 e. The second-order valence-electron chi connectivity index (χ2n) is 6.52. The van der Waals surface area contributed by atoms with Gasteiger partial charge in [-0.05, 0) is 19.4 Å². The number of rotatable bonds is 5. The molecule has 1 aliphatic rings. The molecule has 1 aromatic heterocycles. The fourth-order valence-electron chi connectivity index (χ4n) is 2.97. The number of hydrogen-bond donors (Lipinski definition) is 0. The van der Waals surface area contributed by atoms with Crippen LogP contribution in [0.5, 0.6) is 0 Å². The van der Waals surface area contributed by atoms with Crippen molar-refractivity contribution in [2.45, 2.75) is 39.2 Å². The highest BCUT2D eigenvalue weighted by Gasteiger charge is 2.29. The van der Waals surface area contributed by atoms with Gasteiger partial charge < -0.3 is 9.80 Å². The van der Waals surface area contributed by atoms with Crippen LogP contribution in [0.3, 0.4) is 0 Å². The normalized spacial score (nSPS) is 20.2. The lowest BCUT2D eigenvalue weighted by Gasteiger charge is -2.41. The smallest absolute Gasteiger partial charge is 0.223 e. The van der Waals surface area contributed by atoms with E-state index >= 15 is 0 Å². The molecule has 1 saturated heterocycles. The van der Waals surface area contributed by atoms with E-state index in [1.807, 2.05) is 13.2 Å². The van der Waals surface area contributed by atoms with Gasteiger partial charge in [-0.15, -0.1) is 5.10 Å². The first-order valence-electron chi connectivity index (χ1n) is 7.79. The summed E-state index contributed by atoms with van der Waals surface area (Å²) in [6.45, 7) is 7.22. The summed E-state index contributed by atoms with van der Waals surface area (Å²) >= 11 is 0. The average molecular weight is 293 g/mol. The molecule has 0 unspecified atom stereocenters. The molecule has 6 nitrogen and oxygen atoms in total. The molecule has 6 heteroatoms. The van der Waals surface area contributed by atoms with E-state index in [1.165, 1.54) is 0 Å². The zero-order valence-electron chi connectivity index (χ0n) is 13.6. The Labute approximate surface area is 127 Å². The Bertz CT molecular complexity index is 468. The van der Waals surface area contributed by atoms with Gasteiger partial charge in [-0.1, -0.05) is 19.1 Å². The van der Waals surface area contributed by atoms with Crippen LogP contribution < -0.4 is 0 Å². The Morgan fingerprint density at radius 1 is 1.38 bits per heavy atom. The SMILES string of the molecule is CC(C)C[C@H]1CN(C)CCN1C(=O)CCc1cn(C)nn1. The van der Waals surface area contributed by atoms with E-state index in [1.54, 1.807) is 4.68 Å². The average Bonchev–Trinajstić information content (AvgIpc) is 2.81. The van der Waals surface area contributed by atoms with E-state index in [4.69, 9.17) is 0 Å². The first-order valence-corrected chi connectivity index (χ1v) is 7.79. The maximum atomic E-state index is 12.5. The van der Waals surface area contributed by atoms with E-state index in [9.17, 15) is 4.79 Å². The van der Waals surface area contributed by atoms with Crippen molar-refractivity contribution in [1.29, 1.82) is 0 Å². The quantitative estimate of drug-likeness (QED) is 0.810. The van der Waals surface area contributed by atoms with Crippen LogP contribution in [0.25, 0.3) is 0 Å². The molecule has 1 fully saturated rings. The van der Waals surface area contributed by atoms with Crippen molar-refractivity contribution < 1.29 is 4.79 Å². The van der Waals surface area contributed by atoms with Crippen molar-refractivity contribution in [2.24, 2.45) is 13.0 Å². The summed E-state index contributed by atoms with van der Waals surface area (Å²) in [5, 5.41) is 7.95. The number of carbonyl (C=O) groups excluding carboxylic acids is 1. The Hall–Kier alpha value is -1.43. The van der Waals surface area contributed by atoms with Crippen LogP contribution in [0.1, 0.15) is 32.4 Å². The van der Waals surface area contributed by atoms with Crippen LogP contribution in [0.15, 0.2) is 6.20 Å². The molecule has 0 N–H and O–H groups in total. The van der Waals surface area contributed by atoms with Crippen molar-refractivity contribution in [2.75, 3.05) is 26.7 Å². The van der Waals surface area contributed by atoms with E-state index in [0.29, 0.717) is 24.8 Å². The van der Waals surface area contributed by atoms with Crippen LogP contribution in [-0.4, -0.2) is 63.4 Å². The Morgan fingerprint density at radius 2 is 2.14 bits per heavy atom. The molecule has 0 radical (unpaired) electrons. The third-order valence-electron chi connectivity index (χ3n) is 3.99. The van der Waals surface area contributed by atoms with Crippen molar-refractivity contribution in [3.05, 3.63) is 11.9 Å². The molecule has 1 aliphatic heterocycles. The topological polar surface area (TPSA) is 54.3 Å². The maximum absolute atomic E-state index is 12.5. The van der Waals surface area contributed by atoms with Crippen molar-refractivity contribution in [1.82, 2.24) is 24.8 Å². The highest BCUT2D eigenvalue weighted by Crippen LogP contribution is 2.18. The fourth-order valence-corrected chi connectivity index (χ4v) is 2.97. The van der Waals surface area contributed by atoms with Crippen LogP contribution in [0, 0.1) is 5.92 Å². The van der Waals surface area contributed by atoms with Crippen LogP contribution >= 0.6 is 0 Å². The number of aromatic nitrogens is 3. The first kappa shape index (κ1) is 15.9. The van der Waals surface area contributed by atoms with Crippen LogP contribution in [0.4, 0.5) is 0 Å². The lowest BCUT2D eigenvalue weighted by molar-refractivity contribution is -0.136. The maximum Gasteiger partial charge on any atom is 0.223 e. The van der Waals surface area contributed by atoms with E-state index in [-0.39, 0.29) is 5.91 Å². The Balaban J connectivity index is 1.92. The zero-order chi connectivity index (χ0) is 15.4. The molecular weight excluding hydrogens is 266 g/mol. The lowest BCUT2D eigenvalue weighted by Crippen LogP contribution is -2.54. The van der Waals surface area contributed by atoms with Crippen LogP contribution in [0.2, 0.25) is 0 Å². The third-order valence-corrected chi connectivity index (χ3v) is 3.99. The minimum absolute atomic E-state index is 0.249. The van der Waals surface area contributed by atoms with Gasteiger partial charge in [0.2, 0.25) is 5.91 Å². The summed E-state index contributed by atoms with van der Waals surface area (Å²) in [6, 6.07) is 0.345. The predicted octanol–water partition coefficient (Wildman–Crippen LogP) is 0.936. The number of likely N-dealkylation sites (N-methyl/N-ethyl adjacent to an activating group) is 1. The molecule has 118 valence electrons. The molecule has 0 aliphatic carbocycles. The highest BCUT2D eigenvalue weighted by atomic mass is 16.2. The molecule has 2 rings (SSSR count). The summed E-state index contributed by atoms with van der Waals surface area (Å²) in [5.41, 5.74) is 0.889. The Kier molecular flexibility index (Phi) is 5.33. The van der Waals surface area contributed by atoms with Gasteiger partial charge in [-0.2, -0.15) is 0 Å². The van der Waals surface area contributed by atoms with Gasteiger partial charge in [0.25, 0.3) is 0 Å². The monoisotopic (exact) mass is 293 g/mol. The Morgan fingerprint density at radius 3 is 2.76 bits per heavy atom. The second-order valence-corrected chi connectivity index (χ2v) is 6.52. The molecule has 0 aromatic carbocycles. The lowest BCUT2D eigenvalue weighted by atomic mass is 9.99. The molecule has 1 atom stereocenters. The summed E-state index contributed by atoms with van der Waals surface area (Å²) in [4.78, 5) is 16.9. The summed E-state index contributed by atoms with van der Waals surface area (Å²) in [7, 11) is 3.98. The van der Waals surface area contributed by atoms with Crippen LogP contribution in [-0.2, 0) is 18.3 Å². The van der Waals surface area contributed by atoms with Crippen molar-refractivity contribution >= 4 is 5.91 Å². The van der Waals surface area contributed by atoms with E-state index in [2.05, 4.69) is 41.0 Å². The molecule has 0 bridgehead atoms. The van der Waals surface area contributed by atoms with E-state index < -0.39 is 0 Å². The van der Waals surface area contributed by atoms with Gasteiger partial charge >= 0.3 is 0 Å². The van der Waals surface area contributed by atoms with Gasteiger partial charge in [0.05, 0.1) is 5.69 Å². The molecule has 2 heterocycles. The highest BCUT2D eigenvalue weighted by molar-refractivity contribution is 5.77. The standard InChI is InChI=1S/C15H27N5O/c1-12(2)9-14-11-18(3)7-8-20(14)15(21)6-5-13-10-19(4)17-16-13/h10,12,14H,5-9,11H2,1-4H3/t14-/m0/s1. The van der Waals surface area contributed by atoms with Gasteiger partial charge in [0.1, 0.15) is 0 Å². The summed E-state index contributed by atoms with van der Waals surface area (Å²) in [6.07, 6.45) is 4.15. The number of aryl methyl sites for hydroxylation is 2. The number of carbonyl (C=O) groups is 1. The molecular formula is C15H27N5O. The summed E-state index contributed by atoms with van der Waals surface area (Å²) in [5.74, 6) is 0.858. The zero-order valence-corrected chi connectivity index (χ0v) is 13.6. The van der Waals surface area contributed by atoms with Gasteiger partial charge in [0.15, 0.2) is 0 Å². The van der Waals surface area contributed by atoms with Crippen molar-refractivity contribution in [3.63, 3.8) is 0 Å². The molecule has 1 aromatic rings. The fraction of sp³-hybridized carbons (Fsp3) is 0.800. The first-order chi connectivity index (χ1) is 9.95. The number of amides is 1.